The highest BCUT2D eigenvalue weighted by Gasteiger charge is 2.09. The predicted molar refractivity (Wildman–Crippen MR) is 78.8 cm³/mol. The van der Waals surface area contributed by atoms with Gasteiger partial charge in [0.2, 0.25) is 0 Å². The van der Waals surface area contributed by atoms with Gasteiger partial charge >= 0.3 is 0 Å². The Morgan fingerprint density at radius 3 is 2.37 bits per heavy atom. The van der Waals surface area contributed by atoms with Gasteiger partial charge in [-0.1, -0.05) is 12.1 Å². The van der Waals surface area contributed by atoms with Gasteiger partial charge in [0.05, 0.1) is 16.7 Å². The summed E-state index contributed by atoms with van der Waals surface area (Å²) in [4.78, 5) is 14.4. The number of aromatic nitrogens is 3. The number of aryl methyl sites for hydroxylation is 2. The number of nitrogens with zero attached hydrogens (tertiary/aromatic N) is 3. The van der Waals surface area contributed by atoms with Gasteiger partial charge in [-0.05, 0) is 26.0 Å². The highest BCUT2D eigenvalue weighted by Crippen LogP contribution is 2.27. The highest BCUT2D eigenvalue weighted by molar-refractivity contribution is 7.15. The maximum Gasteiger partial charge on any atom is 0.188 e. The van der Waals surface area contributed by atoms with E-state index in [-0.39, 0.29) is 0 Å². The van der Waals surface area contributed by atoms with Crippen LogP contribution in [-0.4, -0.2) is 15.0 Å². The first kappa shape index (κ1) is 11.9. The van der Waals surface area contributed by atoms with Gasteiger partial charge in [-0.15, -0.1) is 11.3 Å². The Kier molecular flexibility index (Phi) is 2.79. The van der Waals surface area contributed by atoms with E-state index in [1.807, 2.05) is 38.1 Å². The number of hydrogen-bond donors (Lipinski definition) is 2. The maximum absolute atomic E-state index is 5.92. The normalized spacial score (nSPS) is 10.8. The van der Waals surface area contributed by atoms with Crippen LogP contribution in [0.2, 0.25) is 0 Å². The lowest BCUT2D eigenvalue weighted by Gasteiger charge is -2.06. The fourth-order valence-electron chi connectivity index (χ4n) is 1.73. The van der Waals surface area contributed by atoms with Crippen LogP contribution < -0.4 is 11.1 Å². The van der Waals surface area contributed by atoms with Gasteiger partial charge < -0.3 is 11.1 Å². The summed E-state index contributed by atoms with van der Waals surface area (Å²) in [5.74, 6) is 0.927. The number of rotatable bonds is 2. The maximum atomic E-state index is 5.92. The van der Waals surface area contributed by atoms with Crippen molar-refractivity contribution in [2.45, 2.75) is 13.8 Å². The van der Waals surface area contributed by atoms with Crippen molar-refractivity contribution < 1.29 is 0 Å². The van der Waals surface area contributed by atoms with Crippen molar-refractivity contribution in [2.75, 3.05) is 11.1 Å². The third kappa shape index (κ3) is 2.22. The molecular formula is C13H13N5S. The average Bonchev–Trinajstić information content (AvgIpc) is 2.69. The summed E-state index contributed by atoms with van der Waals surface area (Å²) in [6.45, 7) is 4.01. The zero-order chi connectivity index (χ0) is 13.4. The first-order valence-corrected chi connectivity index (χ1v) is 6.68. The Balaban J connectivity index is 2.02. The van der Waals surface area contributed by atoms with E-state index in [9.17, 15) is 0 Å². The molecular weight excluding hydrogens is 258 g/mol. The van der Waals surface area contributed by atoms with Crippen LogP contribution in [-0.2, 0) is 0 Å². The number of nitrogens with one attached hydrogen (secondary N) is 1. The fraction of sp³-hybridized carbons (Fsp3) is 0.154. The number of nitrogen functional groups attached to an aromatic ring is 1. The molecule has 2 heterocycles. The Bertz CT molecular complexity index is 730. The van der Waals surface area contributed by atoms with E-state index in [1.165, 1.54) is 4.88 Å². The van der Waals surface area contributed by atoms with Crippen LogP contribution in [0.25, 0.3) is 11.0 Å². The molecule has 0 fully saturated rings. The number of anilines is 3. The van der Waals surface area contributed by atoms with E-state index in [0.29, 0.717) is 11.6 Å². The number of fused-ring (bicyclic) bond motifs is 1. The zero-order valence-corrected chi connectivity index (χ0v) is 11.5. The molecule has 0 saturated heterocycles. The van der Waals surface area contributed by atoms with Crippen molar-refractivity contribution in [2.24, 2.45) is 0 Å². The predicted octanol–water partition coefficient (Wildman–Crippen LogP) is 3.03. The van der Waals surface area contributed by atoms with Crippen LogP contribution in [0.3, 0.4) is 0 Å². The van der Waals surface area contributed by atoms with Crippen molar-refractivity contribution in [1.82, 2.24) is 15.0 Å². The summed E-state index contributed by atoms with van der Waals surface area (Å²) >= 11 is 1.58. The molecule has 0 spiro atoms. The molecule has 0 radical (unpaired) electrons. The molecule has 0 bridgehead atoms. The van der Waals surface area contributed by atoms with Crippen molar-refractivity contribution >= 4 is 39.1 Å². The molecule has 2 aromatic heterocycles. The quantitative estimate of drug-likeness (QED) is 0.749. The van der Waals surface area contributed by atoms with Gasteiger partial charge in [-0.3, -0.25) is 0 Å². The zero-order valence-electron chi connectivity index (χ0n) is 10.6. The Morgan fingerprint density at radius 2 is 1.74 bits per heavy atom. The molecule has 3 rings (SSSR count). The largest absolute Gasteiger partial charge is 0.381 e. The van der Waals surface area contributed by atoms with Gasteiger partial charge in [-0.2, -0.15) is 0 Å². The van der Waals surface area contributed by atoms with Crippen molar-refractivity contribution in [3.8, 4) is 0 Å². The van der Waals surface area contributed by atoms with Crippen LogP contribution >= 0.6 is 11.3 Å². The summed E-state index contributed by atoms with van der Waals surface area (Å²) < 4.78 is 0. The first-order valence-electron chi connectivity index (χ1n) is 5.87. The van der Waals surface area contributed by atoms with Crippen molar-refractivity contribution in [1.29, 1.82) is 0 Å². The van der Waals surface area contributed by atoms with Gasteiger partial charge in [0.25, 0.3) is 0 Å². The van der Waals surface area contributed by atoms with Gasteiger partial charge in [-0.25, -0.2) is 15.0 Å². The molecule has 0 saturated carbocycles. The molecule has 0 aliphatic carbocycles. The fourth-order valence-corrected chi connectivity index (χ4v) is 2.55. The lowest BCUT2D eigenvalue weighted by atomic mass is 10.3. The smallest absolute Gasteiger partial charge is 0.188 e. The third-order valence-corrected chi connectivity index (χ3v) is 3.84. The molecule has 3 aromatic rings. The molecule has 6 heteroatoms. The lowest BCUT2D eigenvalue weighted by molar-refractivity contribution is 1.21. The summed E-state index contributed by atoms with van der Waals surface area (Å²) in [6, 6.07) is 7.64. The molecule has 0 aliphatic heterocycles. The Labute approximate surface area is 114 Å². The molecule has 19 heavy (non-hydrogen) atoms. The molecule has 3 N–H and O–H groups in total. The molecule has 1 aromatic carbocycles. The number of para-hydroxylation sites is 2. The van der Waals surface area contributed by atoms with E-state index < -0.39 is 0 Å². The van der Waals surface area contributed by atoms with E-state index in [4.69, 9.17) is 5.73 Å². The van der Waals surface area contributed by atoms with E-state index in [2.05, 4.69) is 20.3 Å². The number of benzene rings is 1. The average molecular weight is 271 g/mol. The summed E-state index contributed by atoms with van der Waals surface area (Å²) in [6.07, 6.45) is 0. The van der Waals surface area contributed by atoms with Crippen LogP contribution in [0.4, 0.5) is 16.8 Å². The second kappa shape index (κ2) is 4.47. The van der Waals surface area contributed by atoms with E-state index in [0.717, 1.165) is 21.9 Å². The highest BCUT2D eigenvalue weighted by atomic mass is 32.1. The summed E-state index contributed by atoms with van der Waals surface area (Å²) in [5, 5.41) is 3.92. The summed E-state index contributed by atoms with van der Waals surface area (Å²) in [5.41, 5.74) is 8.53. The van der Waals surface area contributed by atoms with Crippen LogP contribution in [0.15, 0.2) is 24.3 Å². The molecule has 0 aliphatic rings. The third-order valence-electron chi connectivity index (χ3n) is 2.85. The van der Waals surface area contributed by atoms with Crippen LogP contribution in [0.1, 0.15) is 10.6 Å². The monoisotopic (exact) mass is 271 g/mol. The minimum absolute atomic E-state index is 0.379. The van der Waals surface area contributed by atoms with Gasteiger partial charge in [0, 0.05) is 4.88 Å². The second-order valence-corrected chi connectivity index (χ2v) is 5.43. The number of nitrogens with two attached hydrogens (primary N) is 1. The lowest BCUT2D eigenvalue weighted by Crippen LogP contribution is -2.02. The minimum Gasteiger partial charge on any atom is -0.381 e. The molecule has 5 nitrogen and oxygen atoms in total. The van der Waals surface area contributed by atoms with E-state index in [1.54, 1.807) is 11.3 Å². The van der Waals surface area contributed by atoms with Gasteiger partial charge in [0.15, 0.2) is 16.8 Å². The standard InChI is InChI=1S/C13H13N5S/c1-7-8(2)19-13(15-7)18-12-11(14)16-9-5-3-4-6-10(9)17-12/h3-6H,1-2H3,(H2,14,16)(H,15,17,18). The molecule has 0 atom stereocenters. The molecule has 96 valence electrons. The molecule has 0 unspecified atom stereocenters. The Hall–Kier alpha value is -2.21. The van der Waals surface area contributed by atoms with Crippen LogP contribution in [0, 0.1) is 13.8 Å². The SMILES string of the molecule is Cc1nc(Nc2nc3ccccc3nc2N)sc1C. The molecule has 0 amide bonds. The van der Waals surface area contributed by atoms with Crippen molar-refractivity contribution in [3.05, 3.63) is 34.8 Å². The number of hydrogen-bond acceptors (Lipinski definition) is 6. The summed E-state index contributed by atoms with van der Waals surface area (Å²) in [7, 11) is 0. The minimum atomic E-state index is 0.379. The Morgan fingerprint density at radius 1 is 1.05 bits per heavy atom. The van der Waals surface area contributed by atoms with E-state index >= 15 is 0 Å². The number of thiazole rings is 1. The first-order chi connectivity index (χ1) is 9.13. The topological polar surface area (TPSA) is 76.7 Å². The second-order valence-electron chi connectivity index (χ2n) is 4.23. The van der Waals surface area contributed by atoms with Gasteiger partial charge in [0.1, 0.15) is 0 Å². The van der Waals surface area contributed by atoms with Crippen molar-refractivity contribution in [3.63, 3.8) is 0 Å². The van der Waals surface area contributed by atoms with Crippen LogP contribution in [0.5, 0.6) is 0 Å².